The van der Waals surface area contributed by atoms with Gasteiger partial charge in [-0.1, -0.05) is 39.5 Å². The molecule has 0 amide bonds. The van der Waals surface area contributed by atoms with Crippen molar-refractivity contribution in [1.29, 1.82) is 0 Å². The fourth-order valence-corrected chi connectivity index (χ4v) is 1.71. The van der Waals surface area contributed by atoms with Crippen LogP contribution in [0.5, 0.6) is 0 Å². The standard InChI is InChI=1S/C13H23N3O/c1-11(2)7-5-3-4-6-8-14-12-9-13(17)16-10-15-12/h9-11H,3-8H2,1-2H3,(H2,14,15,16,17). The third kappa shape index (κ3) is 6.76. The molecule has 0 aliphatic carbocycles. The second-order valence-electron chi connectivity index (χ2n) is 4.82. The second-order valence-corrected chi connectivity index (χ2v) is 4.82. The number of rotatable bonds is 8. The number of hydrogen-bond donors (Lipinski definition) is 2. The summed E-state index contributed by atoms with van der Waals surface area (Å²) in [5.41, 5.74) is -0.112. The van der Waals surface area contributed by atoms with Crippen molar-refractivity contribution in [3.05, 3.63) is 22.7 Å². The zero-order valence-electron chi connectivity index (χ0n) is 10.8. The van der Waals surface area contributed by atoms with Crippen LogP contribution < -0.4 is 10.9 Å². The van der Waals surface area contributed by atoms with Crippen LogP contribution in [-0.4, -0.2) is 16.5 Å². The number of unbranched alkanes of at least 4 members (excludes halogenated alkanes) is 3. The quantitative estimate of drug-likeness (QED) is 0.683. The highest BCUT2D eigenvalue weighted by molar-refractivity contribution is 5.31. The SMILES string of the molecule is CC(C)CCCCCCNc1cc(=O)[nH]cn1. The first-order chi connectivity index (χ1) is 8.18. The van der Waals surface area contributed by atoms with Crippen LogP contribution >= 0.6 is 0 Å². The zero-order chi connectivity index (χ0) is 12.5. The average Bonchev–Trinajstić information content (AvgIpc) is 2.27. The van der Waals surface area contributed by atoms with Crippen molar-refractivity contribution in [2.75, 3.05) is 11.9 Å². The molecule has 1 heterocycles. The Balaban J connectivity index is 2.03. The van der Waals surface area contributed by atoms with Crippen molar-refractivity contribution in [3.63, 3.8) is 0 Å². The van der Waals surface area contributed by atoms with E-state index in [0.29, 0.717) is 5.82 Å². The van der Waals surface area contributed by atoms with Gasteiger partial charge in [-0.3, -0.25) is 4.79 Å². The van der Waals surface area contributed by atoms with Gasteiger partial charge in [0, 0.05) is 12.6 Å². The van der Waals surface area contributed by atoms with Crippen LogP contribution in [0.3, 0.4) is 0 Å². The van der Waals surface area contributed by atoms with E-state index in [1.807, 2.05) is 0 Å². The molecule has 0 unspecified atom stereocenters. The van der Waals surface area contributed by atoms with Crippen molar-refractivity contribution in [3.8, 4) is 0 Å². The van der Waals surface area contributed by atoms with Gasteiger partial charge in [-0.2, -0.15) is 0 Å². The molecule has 0 fully saturated rings. The van der Waals surface area contributed by atoms with Crippen LogP contribution in [-0.2, 0) is 0 Å². The Hall–Kier alpha value is -1.32. The Morgan fingerprint density at radius 1 is 1.29 bits per heavy atom. The Kier molecular flexibility index (Phi) is 6.37. The van der Waals surface area contributed by atoms with Gasteiger partial charge in [0.1, 0.15) is 5.82 Å². The van der Waals surface area contributed by atoms with Gasteiger partial charge in [-0.15, -0.1) is 0 Å². The molecule has 2 N–H and O–H groups in total. The maximum absolute atomic E-state index is 11.0. The normalized spacial score (nSPS) is 10.8. The van der Waals surface area contributed by atoms with E-state index >= 15 is 0 Å². The molecule has 1 aromatic rings. The predicted octanol–water partition coefficient (Wildman–Crippen LogP) is 2.79. The van der Waals surface area contributed by atoms with E-state index in [1.54, 1.807) is 0 Å². The van der Waals surface area contributed by atoms with Crippen molar-refractivity contribution in [2.24, 2.45) is 5.92 Å². The summed E-state index contributed by atoms with van der Waals surface area (Å²) in [5.74, 6) is 1.48. The molecule has 96 valence electrons. The smallest absolute Gasteiger partial charge is 0.252 e. The summed E-state index contributed by atoms with van der Waals surface area (Å²) in [4.78, 5) is 17.5. The molecule has 1 rings (SSSR count). The van der Waals surface area contributed by atoms with Gasteiger partial charge in [0.15, 0.2) is 0 Å². The van der Waals surface area contributed by atoms with Crippen LogP contribution in [0.2, 0.25) is 0 Å². The summed E-state index contributed by atoms with van der Waals surface area (Å²) in [7, 11) is 0. The highest BCUT2D eigenvalue weighted by atomic mass is 16.1. The molecule has 4 nitrogen and oxygen atoms in total. The lowest BCUT2D eigenvalue weighted by atomic mass is 10.0. The van der Waals surface area contributed by atoms with Crippen LogP contribution in [0.4, 0.5) is 5.82 Å². The van der Waals surface area contributed by atoms with Gasteiger partial charge in [-0.25, -0.2) is 4.98 Å². The third-order valence-electron chi connectivity index (χ3n) is 2.69. The van der Waals surface area contributed by atoms with Gasteiger partial charge in [0.05, 0.1) is 6.33 Å². The molecule has 0 aliphatic heterocycles. The number of anilines is 1. The van der Waals surface area contributed by atoms with Crippen LogP contribution in [0.1, 0.15) is 46.0 Å². The van der Waals surface area contributed by atoms with E-state index in [0.717, 1.165) is 18.9 Å². The summed E-state index contributed by atoms with van der Waals surface area (Å²) in [6.45, 7) is 5.42. The Morgan fingerprint density at radius 2 is 2.06 bits per heavy atom. The summed E-state index contributed by atoms with van der Waals surface area (Å²) in [6, 6.07) is 1.48. The molecule has 0 bridgehead atoms. The highest BCUT2D eigenvalue weighted by Gasteiger charge is 1.96. The average molecular weight is 237 g/mol. The molecule has 0 spiro atoms. The largest absolute Gasteiger partial charge is 0.370 e. The first-order valence-electron chi connectivity index (χ1n) is 6.47. The number of aromatic nitrogens is 2. The Labute approximate surface area is 103 Å². The van der Waals surface area contributed by atoms with E-state index in [2.05, 4.69) is 29.1 Å². The van der Waals surface area contributed by atoms with Gasteiger partial charge in [0.25, 0.3) is 5.56 Å². The molecule has 0 saturated carbocycles. The monoisotopic (exact) mass is 237 g/mol. The molecule has 0 aromatic carbocycles. The van der Waals surface area contributed by atoms with Crippen molar-refractivity contribution < 1.29 is 0 Å². The molecule has 4 heteroatoms. The Bertz CT molecular complexity index is 360. The molecule has 0 radical (unpaired) electrons. The predicted molar refractivity (Wildman–Crippen MR) is 71.3 cm³/mol. The zero-order valence-corrected chi connectivity index (χ0v) is 10.8. The minimum Gasteiger partial charge on any atom is -0.370 e. The number of nitrogens with one attached hydrogen (secondary N) is 2. The fourth-order valence-electron chi connectivity index (χ4n) is 1.71. The van der Waals surface area contributed by atoms with Crippen LogP contribution in [0.15, 0.2) is 17.2 Å². The van der Waals surface area contributed by atoms with Crippen molar-refractivity contribution in [2.45, 2.75) is 46.0 Å². The number of nitrogens with zero attached hydrogens (tertiary/aromatic N) is 1. The van der Waals surface area contributed by atoms with E-state index in [4.69, 9.17) is 0 Å². The lowest BCUT2D eigenvalue weighted by molar-refractivity contribution is 0.523. The third-order valence-corrected chi connectivity index (χ3v) is 2.69. The molecule has 0 aliphatic rings. The summed E-state index contributed by atoms with van der Waals surface area (Å²) in [5, 5.41) is 3.15. The highest BCUT2D eigenvalue weighted by Crippen LogP contribution is 2.09. The number of aromatic amines is 1. The molecule has 0 saturated heterocycles. The van der Waals surface area contributed by atoms with Crippen LogP contribution in [0, 0.1) is 5.92 Å². The molecule has 1 aromatic heterocycles. The lowest BCUT2D eigenvalue weighted by Gasteiger charge is -2.05. The molecule has 17 heavy (non-hydrogen) atoms. The van der Waals surface area contributed by atoms with E-state index in [9.17, 15) is 4.79 Å². The van der Waals surface area contributed by atoms with Crippen molar-refractivity contribution in [1.82, 2.24) is 9.97 Å². The van der Waals surface area contributed by atoms with E-state index in [1.165, 1.54) is 38.1 Å². The van der Waals surface area contributed by atoms with Gasteiger partial charge >= 0.3 is 0 Å². The fraction of sp³-hybridized carbons (Fsp3) is 0.692. The van der Waals surface area contributed by atoms with E-state index < -0.39 is 0 Å². The van der Waals surface area contributed by atoms with E-state index in [-0.39, 0.29) is 5.56 Å². The first-order valence-corrected chi connectivity index (χ1v) is 6.47. The van der Waals surface area contributed by atoms with Gasteiger partial charge in [0.2, 0.25) is 0 Å². The molecule has 0 atom stereocenters. The van der Waals surface area contributed by atoms with Crippen LogP contribution in [0.25, 0.3) is 0 Å². The topological polar surface area (TPSA) is 57.8 Å². The number of H-pyrrole nitrogens is 1. The summed E-state index contributed by atoms with van der Waals surface area (Å²) in [6.07, 6.45) is 7.73. The minimum atomic E-state index is -0.112. The second kappa shape index (κ2) is 7.87. The van der Waals surface area contributed by atoms with Crippen molar-refractivity contribution >= 4 is 5.82 Å². The van der Waals surface area contributed by atoms with Gasteiger partial charge in [-0.05, 0) is 12.3 Å². The van der Waals surface area contributed by atoms with Gasteiger partial charge < -0.3 is 10.3 Å². The number of hydrogen-bond acceptors (Lipinski definition) is 3. The molecular weight excluding hydrogens is 214 g/mol. The lowest BCUT2D eigenvalue weighted by Crippen LogP contribution is -2.09. The maximum atomic E-state index is 11.0. The molecular formula is C13H23N3O. The summed E-state index contributed by atoms with van der Waals surface area (Å²) >= 11 is 0. The maximum Gasteiger partial charge on any atom is 0.252 e. The summed E-state index contributed by atoms with van der Waals surface area (Å²) < 4.78 is 0. The Morgan fingerprint density at radius 3 is 2.76 bits per heavy atom. The minimum absolute atomic E-state index is 0.112. The first kappa shape index (κ1) is 13.7.